The van der Waals surface area contributed by atoms with Gasteiger partial charge < -0.3 is 5.11 Å². The third-order valence-electron chi connectivity index (χ3n) is 1.33. The Morgan fingerprint density at radius 2 is 2.33 bits per heavy atom. The van der Waals surface area contributed by atoms with E-state index in [0.29, 0.717) is 11.3 Å². The molecule has 0 saturated carbocycles. The lowest BCUT2D eigenvalue weighted by Gasteiger charge is -2.00. The summed E-state index contributed by atoms with van der Waals surface area (Å²) in [6, 6.07) is 6.20. The average molecular weight is 169 g/mol. The molecule has 0 aromatic heterocycles. The van der Waals surface area contributed by atoms with Crippen LogP contribution in [0.4, 0.5) is 14.9 Å². The highest BCUT2D eigenvalue weighted by molar-refractivity contribution is 5.82. The first kappa shape index (κ1) is 8.52. The van der Waals surface area contributed by atoms with Gasteiger partial charge in [0.1, 0.15) is 6.67 Å². The summed E-state index contributed by atoms with van der Waals surface area (Å²) in [6.45, 7) is -0.588. The summed E-state index contributed by atoms with van der Waals surface area (Å²) in [5.74, 6) is 0. The Balaban J connectivity index is 2.79. The topological polar surface area (TPSA) is 49.3 Å². The molecule has 0 bridgehead atoms. The number of nitrogens with one attached hydrogen (secondary N) is 1. The Bertz CT molecular complexity index is 288. The largest absolute Gasteiger partial charge is 0.465 e. The van der Waals surface area contributed by atoms with Gasteiger partial charge in [0.25, 0.3) is 0 Å². The monoisotopic (exact) mass is 169 g/mol. The van der Waals surface area contributed by atoms with E-state index in [4.69, 9.17) is 5.11 Å². The second kappa shape index (κ2) is 3.71. The highest BCUT2D eigenvalue weighted by Crippen LogP contribution is 2.10. The molecule has 0 atom stereocenters. The molecular weight excluding hydrogens is 161 g/mol. The second-order valence-electron chi connectivity index (χ2n) is 2.26. The standard InChI is InChI=1S/C8H8FNO2/c9-5-6-2-1-3-7(4-6)10-8(11)12/h1-4,10H,5H2,(H,11,12). The van der Waals surface area contributed by atoms with Crippen molar-refractivity contribution in [1.82, 2.24) is 0 Å². The third kappa shape index (κ3) is 2.23. The Hall–Kier alpha value is -1.58. The van der Waals surface area contributed by atoms with Crippen LogP contribution in [-0.4, -0.2) is 11.2 Å². The molecule has 3 nitrogen and oxygen atoms in total. The van der Waals surface area contributed by atoms with Crippen LogP contribution in [0.25, 0.3) is 0 Å². The van der Waals surface area contributed by atoms with Gasteiger partial charge in [-0.2, -0.15) is 0 Å². The van der Waals surface area contributed by atoms with Crippen molar-refractivity contribution >= 4 is 11.8 Å². The second-order valence-corrected chi connectivity index (χ2v) is 2.26. The smallest absolute Gasteiger partial charge is 0.409 e. The summed E-state index contributed by atoms with van der Waals surface area (Å²) in [5.41, 5.74) is 0.846. The van der Waals surface area contributed by atoms with Gasteiger partial charge >= 0.3 is 6.09 Å². The maximum absolute atomic E-state index is 12.1. The summed E-state index contributed by atoms with van der Waals surface area (Å²) in [5, 5.41) is 10.5. The van der Waals surface area contributed by atoms with Gasteiger partial charge in [-0.05, 0) is 17.7 Å². The van der Waals surface area contributed by atoms with Crippen LogP contribution in [0, 0.1) is 0 Å². The highest BCUT2D eigenvalue weighted by Gasteiger charge is 1.98. The Labute approximate surface area is 68.8 Å². The molecule has 64 valence electrons. The first-order valence-corrected chi connectivity index (χ1v) is 3.37. The van der Waals surface area contributed by atoms with Crippen LogP contribution in [0.15, 0.2) is 24.3 Å². The zero-order chi connectivity index (χ0) is 8.97. The number of halogens is 1. The Morgan fingerprint density at radius 3 is 2.92 bits per heavy atom. The van der Waals surface area contributed by atoms with Crippen LogP contribution in [0.2, 0.25) is 0 Å². The minimum Gasteiger partial charge on any atom is -0.465 e. The number of benzene rings is 1. The molecule has 0 fully saturated rings. The summed E-state index contributed by atoms with van der Waals surface area (Å²) in [4.78, 5) is 10.2. The van der Waals surface area contributed by atoms with Crippen LogP contribution in [0.1, 0.15) is 5.56 Å². The van der Waals surface area contributed by atoms with Crippen LogP contribution in [0.3, 0.4) is 0 Å². The van der Waals surface area contributed by atoms with E-state index in [9.17, 15) is 9.18 Å². The highest BCUT2D eigenvalue weighted by atomic mass is 19.1. The number of rotatable bonds is 2. The van der Waals surface area contributed by atoms with Crippen LogP contribution >= 0.6 is 0 Å². The molecular formula is C8H8FNO2. The number of alkyl halides is 1. The molecule has 0 saturated heterocycles. The summed E-state index contributed by atoms with van der Waals surface area (Å²) >= 11 is 0. The number of hydrogen-bond acceptors (Lipinski definition) is 1. The quantitative estimate of drug-likeness (QED) is 0.713. The van der Waals surface area contributed by atoms with Crippen LogP contribution < -0.4 is 5.32 Å². The molecule has 4 heteroatoms. The van der Waals surface area contributed by atoms with E-state index in [-0.39, 0.29) is 0 Å². The molecule has 0 unspecified atom stereocenters. The fourth-order valence-electron chi connectivity index (χ4n) is 0.856. The van der Waals surface area contributed by atoms with Crippen molar-refractivity contribution in [1.29, 1.82) is 0 Å². The van der Waals surface area contributed by atoms with E-state index >= 15 is 0 Å². The predicted octanol–water partition coefficient (Wildman–Crippen LogP) is 2.25. The van der Waals surface area contributed by atoms with E-state index in [1.807, 2.05) is 0 Å². The number of anilines is 1. The van der Waals surface area contributed by atoms with E-state index in [1.54, 1.807) is 18.2 Å². The van der Waals surface area contributed by atoms with E-state index in [1.165, 1.54) is 6.07 Å². The van der Waals surface area contributed by atoms with Crippen molar-refractivity contribution in [3.8, 4) is 0 Å². The van der Waals surface area contributed by atoms with Crippen LogP contribution in [0.5, 0.6) is 0 Å². The fraction of sp³-hybridized carbons (Fsp3) is 0.125. The molecule has 0 heterocycles. The van der Waals surface area contributed by atoms with Gasteiger partial charge in [0.2, 0.25) is 0 Å². The number of carbonyl (C=O) groups is 1. The van der Waals surface area contributed by atoms with E-state index in [0.717, 1.165) is 0 Å². The molecule has 0 radical (unpaired) electrons. The molecule has 12 heavy (non-hydrogen) atoms. The third-order valence-corrected chi connectivity index (χ3v) is 1.33. The Kier molecular flexibility index (Phi) is 2.63. The molecule has 0 aliphatic rings. The minimum absolute atomic E-state index is 0.387. The maximum Gasteiger partial charge on any atom is 0.409 e. The molecule has 1 aromatic carbocycles. The van der Waals surface area contributed by atoms with Crippen LogP contribution in [-0.2, 0) is 6.67 Å². The summed E-state index contributed by atoms with van der Waals surface area (Å²) in [6.07, 6.45) is -1.15. The van der Waals surface area contributed by atoms with Crippen molar-refractivity contribution < 1.29 is 14.3 Å². The minimum atomic E-state index is -1.15. The number of hydrogen-bond donors (Lipinski definition) is 2. The first-order valence-electron chi connectivity index (χ1n) is 3.37. The first-order chi connectivity index (χ1) is 5.72. The van der Waals surface area contributed by atoms with Gasteiger partial charge in [-0.15, -0.1) is 0 Å². The van der Waals surface area contributed by atoms with Gasteiger partial charge in [0, 0.05) is 5.69 Å². The zero-order valence-electron chi connectivity index (χ0n) is 6.25. The van der Waals surface area contributed by atoms with E-state index in [2.05, 4.69) is 5.32 Å². The average Bonchev–Trinajstić information content (AvgIpc) is 2.03. The van der Waals surface area contributed by atoms with Crippen molar-refractivity contribution in [3.63, 3.8) is 0 Å². The van der Waals surface area contributed by atoms with Crippen molar-refractivity contribution in [3.05, 3.63) is 29.8 Å². The molecule has 0 spiro atoms. The Morgan fingerprint density at radius 1 is 1.58 bits per heavy atom. The lowest BCUT2D eigenvalue weighted by molar-refractivity contribution is 0.209. The van der Waals surface area contributed by atoms with Gasteiger partial charge in [-0.1, -0.05) is 12.1 Å². The number of carboxylic acid groups (broad SMARTS) is 1. The molecule has 2 N–H and O–H groups in total. The maximum atomic E-state index is 12.1. The molecule has 1 amide bonds. The van der Waals surface area contributed by atoms with Crippen molar-refractivity contribution in [2.45, 2.75) is 6.67 Å². The van der Waals surface area contributed by atoms with Crippen molar-refractivity contribution in [2.24, 2.45) is 0 Å². The number of amides is 1. The lowest BCUT2D eigenvalue weighted by atomic mass is 10.2. The van der Waals surface area contributed by atoms with E-state index < -0.39 is 12.8 Å². The molecule has 0 aliphatic heterocycles. The molecule has 1 aromatic rings. The normalized spacial score (nSPS) is 9.42. The predicted molar refractivity (Wildman–Crippen MR) is 42.9 cm³/mol. The SMILES string of the molecule is O=C(O)Nc1cccc(CF)c1. The fourth-order valence-corrected chi connectivity index (χ4v) is 0.856. The summed E-state index contributed by atoms with van der Waals surface area (Å²) in [7, 11) is 0. The molecule has 0 aliphatic carbocycles. The summed E-state index contributed by atoms with van der Waals surface area (Å²) < 4.78 is 12.1. The molecule has 1 rings (SSSR count). The lowest BCUT2D eigenvalue weighted by Crippen LogP contribution is -2.07. The van der Waals surface area contributed by atoms with Gasteiger partial charge in [-0.3, -0.25) is 5.32 Å². The van der Waals surface area contributed by atoms with Gasteiger partial charge in [-0.25, -0.2) is 9.18 Å². The van der Waals surface area contributed by atoms with Crippen molar-refractivity contribution in [2.75, 3.05) is 5.32 Å². The van der Waals surface area contributed by atoms with Gasteiger partial charge in [0.05, 0.1) is 0 Å². The van der Waals surface area contributed by atoms with Gasteiger partial charge in [0.15, 0.2) is 0 Å². The zero-order valence-corrected chi connectivity index (χ0v) is 6.25.